The summed E-state index contributed by atoms with van der Waals surface area (Å²) in [5, 5.41) is 58.8. The minimum atomic E-state index is -4.67. The number of aliphatic hydroxyl groups is 1. The van der Waals surface area contributed by atoms with Gasteiger partial charge in [-0.2, -0.15) is 0 Å². The molecule has 0 amide bonds. The second-order valence-electron chi connectivity index (χ2n) is 14.6. The van der Waals surface area contributed by atoms with Crippen LogP contribution in [0.2, 0.25) is 0 Å². The summed E-state index contributed by atoms with van der Waals surface area (Å²) < 4.78 is 23.8. The number of aryl methyl sites for hydroxylation is 5. The zero-order valence-corrected chi connectivity index (χ0v) is 34.3. The van der Waals surface area contributed by atoms with Crippen molar-refractivity contribution < 1.29 is 73.1 Å². The van der Waals surface area contributed by atoms with Gasteiger partial charge in [0.2, 0.25) is 0 Å². The molecule has 0 spiro atoms. The number of hydrogen-bond donors (Lipinski definition) is 7. The molecule has 1 fully saturated rings. The van der Waals surface area contributed by atoms with E-state index in [9.17, 15) is 64.1 Å². The van der Waals surface area contributed by atoms with Crippen LogP contribution in [0, 0.1) is 34.6 Å². The Kier molecular flexibility index (Phi) is 17.8. The van der Waals surface area contributed by atoms with Gasteiger partial charge in [-0.25, -0.2) is 9.36 Å². The van der Waals surface area contributed by atoms with E-state index in [4.69, 9.17) is 9.05 Å². The molecule has 0 aromatic heterocycles. The highest BCUT2D eigenvalue weighted by atomic mass is 31.2. The van der Waals surface area contributed by atoms with Crippen LogP contribution in [0.15, 0.2) is 24.3 Å². The molecule has 58 heavy (non-hydrogen) atoms. The van der Waals surface area contributed by atoms with E-state index in [2.05, 4.69) is 12.1 Å². The maximum absolute atomic E-state index is 13.1. The van der Waals surface area contributed by atoms with Gasteiger partial charge in [-0.1, -0.05) is 17.7 Å². The lowest BCUT2D eigenvalue weighted by Crippen LogP contribution is -2.57. The Morgan fingerprint density at radius 1 is 0.672 bits per heavy atom. The fraction of sp³-hybridized carbons (Fsp3) is 0.553. The Labute approximate surface area is 336 Å². The minimum Gasteiger partial charge on any atom is -0.480 e. The summed E-state index contributed by atoms with van der Waals surface area (Å²) in [7, 11) is -4.67. The van der Waals surface area contributed by atoms with Gasteiger partial charge in [0.05, 0.1) is 19.7 Å². The first-order valence-electron chi connectivity index (χ1n) is 18.7. The van der Waals surface area contributed by atoms with E-state index in [1.807, 2.05) is 33.8 Å². The third-order valence-electron chi connectivity index (χ3n) is 10.0. The van der Waals surface area contributed by atoms with Gasteiger partial charge in [0.1, 0.15) is 17.8 Å². The summed E-state index contributed by atoms with van der Waals surface area (Å²) in [6.45, 7) is 7.39. The lowest BCUT2D eigenvalue weighted by atomic mass is 9.90. The van der Waals surface area contributed by atoms with Crippen molar-refractivity contribution in [1.82, 2.24) is 19.6 Å². The Morgan fingerprint density at radius 2 is 1.17 bits per heavy atom. The van der Waals surface area contributed by atoms with Crippen molar-refractivity contribution in [3.05, 3.63) is 52.1 Å². The highest BCUT2D eigenvalue weighted by Gasteiger charge is 2.38. The highest BCUT2D eigenvalue weighted by Crippen LogP contribution is 2.46. The molecule has 0 aliphatic carbocycles. The minimum absolute atomic E-state index is 0.0145. The monoisotopic (exact) mass is 838 g/mol. The summed E-state index contributed by atoms with van der Waals surface area (Å²) in [5.41, 5.74) is 6.74. The standard InChI is InChI=1S/C38H55N4O15P/c1-23-17-26(4)33(27(5)18-23)28-19-25(3)30(20-24(28)2)57-58(54,55)56-16-6-7-29(36(48)49)41-12-8-39(21-31(43)44)10-14-42(34(37(50)51)35(47)38(52)53)15-11-40(9-13-41)22-32(45)46/h17-20,29,34-35,47H,6-16,21-22H2,1-5H3,(H,43,44)(H,45,46)(H,48,49)(H,50,51)(H,52,53)(H,54,55). The molecular formula is C38H55N4O15P. The number of phosphoric ester groups is 1. The molecule has 0 radical (unpaired) electrons. The number of rotatable bonds is 18. The third kappa shape index (κ3) is 14.1. The van der Waals surface area contributed by atoms with Crippen LogP contribution in [0.25, 0.3) is 11.1 Å². The Morgan fingerprint density at radius 3 is 1.62 bits per heavy atom. The quantitative estimate of drug-likeness (QED) is 0.0834. The van der Waals surface area contributed by atoms with Crippen LogP contribution in [-0.2, 0) is 33.1 Å². The number of carbonyl (C=O) groups is 5. The number of nitrogens with zero attached hydrogens (tertiary/aromatic N) is 4. The molecule has 1 aliphatic rings. The Balaban J connectivity index is 1.75. The molecule has 20 heteroatoms. The van der Waals surface area contributed by atoms with Gasteiger partial charge in [0.15, 0.2) is 6.10 Å². The van der Waals surface area contributed by atoms with E-state index in [0.29, 0.717) is 5.56 Å². The predicted molar refractivity (Wildman–Crippen MR) is 209 cm³/mol. The van der Waals surface area contributed by atoms with Gasteiger partial charge in [-0.05, 0) is 93.0 Å². The third-order valence-corrected chi connectivity index (χ3v) is 11.0. The van der Waals surface area contributed by atoms with Gasteiger partial charge in [-0.15, -0.1) is 0 Å². The number of hydrogen-bond acceptors (Lipinski definition) is 13. The lowest BCUT2D eigenvalue weighted by Gasteiger charge is -2.37. The van der Waals surface area contributed by atoms with Gasteiger partial charge in [0, 0.05) is 52.4 Å². The van der Waals surface area contributed by atoms with Crippen LogP contribution in [0.1, 0.15) is 40.7 Å². The molecule has 0 bridgehead atoms. The molecule has 2 aromatic carbocycles. The molecule has 7 N–H and O–H groups in total. The van der Waals surface area contributed by atoms with Crippen molar-refractivity contribution >= 4 is 37.7 Å². The Bertz CT molecular complexity index is 1800. The van der Waals surface area contributed by atoms with E-state index in [1.165, 1.54) is 14.7 Å². The molecule has 4 atom stereocenters. The van der Waals surface area contributed by atoms with Crippen LogP contribution in [0.5, 0.6) is 5.75 Å². The Hall–Kier alpha value is -4.46. The fourth-order valence-corrected chi connectivity index (χ4v) is 8.13. The van der Waals surface area contributed by atoms with Crippen LogP contribution in [0.3, 0.4) is 0 Å². The molecular weight excluding hydrogens is 783 g/mol. The molecule has 2 aromatic rings. The second kappa shape index (κ2) is 21.5. The number of aliphatic carboxylic acids is 5. The number of carboxylic acids is 5. The first-order valence-corrected chi connectivity index (χ1v) is 20.2. The van der Waals surface area contributed by atoms with E-state index in [0.717, 1.165) is 38.3 Å². The first kappa shape index (κ1) is 47.9. The van der Waals surface area contributed by atoms with Crippen molar-refractivity contribution in [2.45, 2.75) is 65.6 Å². The van der Waals surface area contributed by atoms with E-state index in [1.54, 1.807) is 13.0 Å². The van der Waals surface area contributed by atoms with Gasteiger partial charge < -0.3 is 35.2 Å². The molecule has 1 saturated heterocycles. The van der Waals surface area contributed by atoms with Gasteiger partial charge in [0.25, 0.3) is 0 Å². The topological polar surface area (TPSA) is 275 Å². The largest absolute Gasteiger partial charge is 0.527 e. The first-order chi connectivity index (χ1) is 27.1. The fourth-order valence-electron chi connectivity index (χ4n) is 7.27. The molecule has 1 heterocycles. The maximum Gasteiger partial charge on any atom is 0.527 e. The van der Waals surface area contributed by atoms with E-state index < -0.39 is 68.9 Å². The van der Waals surface area contributed by atoms with E-state index >= 15 is 0 Å². The number of phosphoric acid groups is 1. The summed E-state index contributed by atoms with van der Waals surface area (Å²) in [4.78, 5) is 75.9. The van der Waals surface area contributed by atoms with Gasteiger partial charge in [-0.3, -0.25) is 48.2 Å². The van der Waals surface area contributed by atoms with Crippen molar-refractivity contribution in [3.8, 4) is 16.9 Å². The summed E-state index contributed by atoms with van der Waals surface area (Å²) in [6, 6.07) is 4.57. The van der Waals surface area contributed by atoms with Crippen molar-refractivity contribution in [2.75, 3.05) is 72.1 Å². The van der Waals surface area contributed by atoms with E-state index in [-0.39, 0.29) is 77.6 Å². The van der Waals surface area contributed by atoms with Crippen LogP contribution < -0.4 is 4.52 Å². The molecule has 4 unspecified atom stereocenters. The zero-order valence-electron chi connectivity index (χ0n) is 33.4. The average Bonchev–Trinajstić information content (AvgIpc) is 3.09. The number of benzene rings is 2. The molecule has 19 nitrogen and oxygen atoms in total. The second-order valence-corrected chi connectivity index (χ2v) is 16.0. The van der Waals surface area contributed by atoms with Crippen molar-refractivity contribution in [2.24, 2.45) is 0 Å². The van der Waals surface area contributed by atoms with Crippen molar-refractivity contribution in [3.63, 3.8) is 0 Å². The lowest BCUT2D eigenvalue weighted by molar-refractivity contribution is -0.161. The predicted octanol–water partition coefficient (Wildman–Crippen LogP) is 1.91. The average molecular weight is 839 g/mol. The number of carboxylic acid groups (broad SMARTS) is 5. The summed E-state index contributed by atoms with van der Waals surface area (Å²) in [5.74, 6) is -7.03. The summed E-state index contributed by atoms with van der Waals surface area (Å²) >= 11 is 0. The smallest absolute Gasteiger partial charge is 0.480 e. The van der Waals surface area contributed by atoms with Crippen LogP contribution in [0.4, 0.5) is 0 Å². The molecule has 3 rings (SSSR count). The van der Waals surface area contributed by atoms with Gasteiger partial charge >= 0.3 is 37.7 Å². The maximum atomic E-state index is 13.1. The highest BCUT2D eigenvalue weighted by molar-refractivity contribution is 7.47. The van der Waals surface area contributed by atoms with Crippen LogP contribution in [-0.4, -0.2) is 175 Å². The summed E-state index contributed by atoms with van der Waals surface area (Å²) in [6.07, 6.45) is -2.44. The molecule has 1 aliphatic heterocycles. The van der Waals surface area contributed by atoms with Crippen molar-refractivity contribution in [1.29, 1.82) is 0 Å². The molecule has 322 valence electrons. The normalized spacial score (nSPS) is 18.2. The zero-order chi connectivity index (χ0) is 43.5. The molecule has 0 saturated carbocycles. The SMILES string of the molecule is Cc1cc(C)c(-c2cc(C)c(OP(=O)(O)OCCCC(C(=O)O)N3CCN(CC(=O)O)CCN(C(C(=O)O)C(O)C(=O)O)CCN(CC(=O)O)CC3)cc2C)c(C)c1. The number of aliphatic hydroxyl groups excluding tert-OH is 1. The van der Waals surface area contributed by atoms with Crippen LogP contribution >= 0.6 is 7.82 Å².